The predicted molar refractivity (Wildman–Crippen MR) is 91.8 cm³/mol. The van der Waals surface area contributed by atoms with Crippen molar-refractivity contribution in [3.05, 3.63) is 16.4 Å². The lowest BCUT2D eigenvalue weighted by Crippen LogP contribution is -2.43. The summed E-state index contributed by atoms with van der Waals surface area (Å²) in [6, 6.07) is 0. The van der Waals surface area contributed by atoms with E-state index < -0.39 is 0 Å². The van der Waals surface area contributed by atoms with Gasteiger partial charge in [0.2, 0.25) is 5.91 Å². The molecule has 134 valence electrons. The number of carbonyl (C=O) groups is 2. The van der Waals surface area contributed by atoms with Crippen LogP contribution in [0.5, 0.6) is 0 Å². The maximum atomic E-state index is 12.6. The number of halogens is 1. The standard InChI is InChI=1S/C17H26ClN3O3/c1-5-24-17(23)14-6-8-20(9-7-14)16(22)11(2)10-21-13(4)15(18)12(3)19-21/h11,14H,5-10H2,1-4H3/t11-/m1/s1. The number of aryl methyl sites for hydroxylation is 1. The van der Waals surface area contributed by atoms with Gasteiger partial charge < -0.3 is 9.64 Å². The molecular formula is C17H26ClN3O3. The second-order valence-corrected chi connectivity index (χ2v) is 6.80. The first kappa shape index (κ1) is 18.8. The second-order valence-electron chi connectivity index (χ2n) is 6.42. The number of hydrogen-bond acceptors (Lipinski definition) is 4. The van der Waals surface area contributed by atoms with Crippen molar-refractivity contribution in [3.63, 3.8) is 0 Å². The highest BCUT2D eigenvalue weighted by Gasteiger charge is 2.30. The zero-order valence-corrected chi connectivity index (χ0v) is 15.6. The third-order valence-electron chi connectivity index (χ3n) is 4.59. The van der Waals surface area contributed by atoms with Crippen LogP contribution in [0.25, 0.3) is 0 Å². The van der Waals surface area contributed by atoms with E-state index in [0.717, 1.165) is 11.4 Å². The van der Waals surface area contributed by atoms with E-state index in [1.807, 2.05) is 32.6 Å². The lowest BCUT2D eigenvalue weighted by molar-refractivity contribution is -0.151. The molecule has 0 N–H and O–H groups in total. The molecule has 1 aliphatic rings. The number of esters is 1. The quantitative estimate of drug-likeness (QED) is 0.761. The zero-order chi connectivity index (χ0) is 17.9. The lowest BCUT2D eigenvalue weighted by Gasteiger charge is -2.32. The Hall–Kier alpha value is -1.56. The predicted octanol–water partition coefficient (Wildman–Crippen LogP) is 2.59. The minimum atomic E-state index is -0.182. The number of hydrogen-bond donors (Lipinski definition) is 0. The number of amides is 1. The van der Waals surface area contributed by atoms with Crippen molar-refractivity contribution < 1.29 is 14.3 Å². The molecule has 7 heteroatoms. The van der Waals surface area contributed by atoms with E-state index in [4.69, 9.17) is 16.3 Å². The lowest BCUT2D eigenvalue weighted by atomic mass is 9.96. The van der Waals surface area contributed by atoms with Gasteiger partial charge >= 0.3 is 5.97 Å². The Labute approximate surface area is 148 Å². The summed E-state index contributed by atoms with van der Waals surface area (Å²) in [6.07, 6.45) is 1.34. The molecular weight excluding hydrogens is 330 g/mol. The van der Waals surface area contributed by atoms with Gasteiger partial charge in [-0.25, -0.2) is 0 Å². The Kier molecular flexibility index (Phi) is 6.27. The van der Waals surface area contributed by atoms with Crippen LogP contribution < -0.4 is 0 Å². The van der Waals surface area contributed by atoms with Gasteiger partial charge in [0.1, 0.15) is 0 Å². The molecule has 1 amide bonds. The highest BCUT2D eigenvalue weighted by atomic mass is 35.5. The Morgan fingerprint density at radius 2 is 1.96 bits per heavy atom. The van der Waals surface area contributed by atoms with Crippen LogP contribution in [0, 0.1) is 25.7 Å². The van der Waals surface area contributed by atoms with Crippen LogP contribution in [0.1, 0.15) is 38.1 Å². The molecule has 0 saturated carbocycles. The molecule has 2 rings (SSSR count). The molecule has 0 bridgehead atoms. The van der Waals surface area contributed by atoms with Crippen LogP contribution >= 0.6 is 11.6 Å². The van der Waals surface area contributed by atoms with Crippen molar-refractivity contribution in [2.75, 3.05) is 19.7 Å². The highest BCUT2D eigenvalue weighted by molar-refractivity contribution is 6.31. The fourth-order valence-corrected chi connectivity index (χ4v) is 3.23. The molecule has 1 saturated heterocycles. The summed E-state index contributed by atoms with van der Waals surface area (Å²) in [7, 11) is 0. The number of nitrogens with zero attached hydrogens (tertiary/aromatic N) is 3. The summed E-state index contributed by atoms with van der Waals surface area (Å²) in [5.41, 5.74) is 1.67. The van der Waals surface area contributed by atoms with E-state index in [9.17, 15) is 9.59 Å². The molecule has 1 atom stereocenters. The topological polar surface area (TPSA) is 64.4 Å². The molecule has 0 radical (unpaired) electrons. The van der Waals surface area contributed by atoms with Crippen LogP contribution in [0.15, 0.2) is 0 Å². The second kappa shape index (κ2) is 8.01. The van der Waals surface area contributed by atoms with Crippen molar-refractivity contribution in [1.29, 1.82) is 0 Å². The van der Waals surface area contributed by atoms with Gasteiger partial charge in [0.15, 0.2) is 0 Å². The minimum absolute atomic E-state index is 0.0841. The fourth-order valence-electron chi connectivity index (χ4n) is 3.10. The van der Waals surface area contributed by atoms with Crippen LogP contribution in [-0.2, 0) is 20.9 Å². The number of aromatic nitrogens is 2. The van der Waals surface area contributed by atoms with Crippen molar-refractivity contribution in [2.45, 2.75) is 47.1 Å². The van der Waals surface area contributed by atoms with Gasteiger partial charge in [0.05, 0.1) is 41.4 Å². The van der Waals surface area contributed by atoms with Gasteiger partial charge in [-0.1, -0.05) is 18.5 Å². The zero-order valence-electron chi connectivity index (χ0n) is 14.8. The molecule has 0 aliphatic carbocycles. The molecule has 0 aromatic carbocycles. The Morgan fingerprint density at radius 3 is 2.46 bits per heavy atom. The normalized spacial score (nSPS) is 17.0. The van der Waals surface area contributed by atoms with Crippen LogP contribution in [0.4, 0.5) is 0 Å². The Balaban J connectivity index is 1.90. The number of ether oxygens (including phenoxy) is 1. The SMILES string of the molecule is CCOC(=O)C1CCN(C(=O)[C@H](C)Cn2nc(C)c(Cl)c2C)CC1. The van der Waals surface area contributed by atoms with E-state index in [-0.39, 0.29) is 23.7 Å². The molecule has 0 unspecified atom stereocenters. The number of carbonyl (C=O) groups excluding carboxylic acids is 2. The Morgan fingerprint density at radius 1 is 1.33 bits per heavy atom. The molecule has 1 aliphatic heterocycles. The van der Waals surface area contributed by atoms with Gasteiger partial charge in [-0.2, -0.15) is 5.10 Å². The largest absolute Gasteiger partial charge is 0.466 e. The average Bonchev–Trinajstić information content (AvgIpc) is 2.81. The summed E-state index contributed by atoms with van der Waals surface area (Å²) in [5, 5.41) is 5.04. The molecule has 1 aromatic rings. The van der Waals surface area contributed by atoms with Crippen molar-refractivity contribution in [2.24, 2.45) is 11.8 Å². The van der Waals surface area contributed by atoms with E-state index in [1.54, 1.807) is 4.68 Å². The van der Waals surface area contributed by atoms with Crippen molar-refractivity contribution in [1.82, 2.24) is 14.7 Å². The van der Waals surface area contributed by atoms with Gasteiger partial charge in [-0.15, -0.1) is 0 Å². The van der Waals surface area contributed by atoms with E-state index in [0.29, 0.717) is 44.1 Å². The maximum absolute atomic E-state index is 12.6. The molecule has 24 heavy (non-hydrogen) atoms. The first-order valence-electron chi connectivity index (χ1n) is 8.50. The summed E-state index contributed by atoms with van der Waals surface area (Å²) >= 11 is 6.16. The van der Waals surface area contributed by atoms with Crippen LogP contribution in [-0.4, -0.2) is 46.3 Å². The van der Waals surface area contributed by atoms with Crippen molar-refractivity contribution >= 4 is 23.5 Å². The van der Waals surface area contributed by atoms with E-state index in [2.05, 4.69) is 5.10 Å². The fraction of sp³-hybridized carbons (Fsp3) is 0.706. The van der Waals surface area contributed by atoms with Crippen LogP contribution in [0.2, 0.25) is 5.02 Å². The average molecular weight is 356 g/mol. The molecule has 0 spiro atoms. The molecule has 1 fully saturated rings. The first-order chi connectivity index (χ1) is 11.3. The summed E-state index contributed by atoms with van der Waals surface area (Å²) in [4.78, 5) is 26.3. The molecule has 1 aromatic heterocycles. The van der Waals surface area contributed by atoms with E-state index >= 15 is 0 Å². The maximum Gasteiger partial charge on any atom is 0.309 e. The van der Waals surface area contributed by atoms with Gasteiger partial charge in [-0.05, 0) is 33.6 Å². The third-order valence-corrected chi connectivity index (χ3v) is 5.14. The summed E-state index contributed by atoms with van der Waals surface area (Å²) < 4.78 is 6.86. The summed E-state index contributed by atoms with van der Waals surface area (Å²) in [5.74, 6) is -0.312. The van der Waals surface area contributed by atoms with Gasteiger partial charge in [0, 0.05) is 13.1 Å². The van der Waals surface area contributed by atoms with Gasteiger partial charge in [0.25, 0.3) is 0 Å². The third kappa shape index (κ3) is 4.09. The summed E-state index contributed by atoms with van der Waals surface area (Å²) in [6.45, 7) is 9.60. The monoisotopic (exact) mass is 355 g/mol. The molecule has 2 heterocycles. The first-order valence-corrected chi connectivity index (χ1v) is 8.87. The molecule has 6 nitrogen and oxygen atoms in total. The smallest absolute Gasteiger partial charge is 0.309 e. The van der Waals surface area contributed by atoms with Gasteiger partial charge in [-0.3, -0.25) is 14.3 Å². The number of likely N-dealkylation sites (tertiary alicyclic amines) is 1. The number of piperidine rings is 1. The van der Waals surface area contributed by atoms with Crippen molar-refractivity contribution in [3.8, 4) is 0 Å². The van der Waals surface area contributed by atoms with Crippen LogP contribution in [0.3, 0.4) is 0 Å². The van der Waals surface area contributed by atoms with E-state index in [1.165, 1.54) is 0 Å². The Bertz CT molecular complexity index is 606. The highest BCUT2D eigenvalue weighted by Crippen LogP contribution is 2.22. The minimum Gasteiger partial charge on any atom is -0.466 e. The number of rotatable bonds is 5.